The third-order valence-corrected chi connectivity index (χ3v) is 3.89. The standard InChI is InChI=1S/C14H11NOS/c1-9-6-7-13-11(8-9)15-14(16)10-4-2-3-5-12(10)17-13/h2-8H,1H3,(H,15,16). The average Bonchev–Trinajstić information content (AvgIpc) is 2.46. The van der Waals surface area contributed by atoms with Crippen LogP contribution in [0.5, 0.6) is 0 Å². The van der Waals surface area contributed by atoms with Crippen LogP contribution in [0.2, 0.25) is 0 Å². The lowest BCUT2D eigenvalue weighted by Gasteiger charge is -2.06. The lowest BCUT2D eigenvalue weighted by molar-refractivity contribution is 0.102. The van der Waals surface area contributed by atoms with Crippen molar-refractivity contribution in [2.45, 2.75) is 16.7 Å². The molecular formula is C14H11NOS. The maximum atomic E-state index is 12.1. The van der Waals surface area contributed by atoms with Crippen LogP contribution in [0.25, 0.3) is 0 Å². The molecule has 1 aliphatic rings. The topological polar surface area (TPSA) is 29.1 Å². The van der Waals surface area contributed by atoms with Gasteiger partial charge < -0.3 is 5.32 Å². The zero-order valence-corrected chi connectivity index (χ0v) is 10.2. The molecule has 84 valence electrons. The van der Waals surface area contributed by atoms with Crippen molar-refractivity contribution in [3.8, 4) is 0 Å². The molecule has 0 saturated carbocycles. The summed E-state index contributed by atoms with van der Waals surface area (Å²) in [4.78, 5) is 14.2. The van der Waals surface area contributed by atoms with Crippen molar-refractivity contribution >= 4 is 23.4 Å². The molecule has 3 heteroatoms. The number of rotatable bonds is 0. The van der Waals surface area contributed by atoms with Crippen LogP contribution in [-0.4, -0.2) is 5.91 Å². The van der Waals surface area contributed by atoms with Gasteiger partial charge in [0.05, 0.1) is 11.3 Å². The third-order valence-electron chi connectivity index (χ3n) is 2.73. The summed E-state index contributed by atoms with van der Waals surface area (Å²) in [5.41, 5.74) is 2.79. The largest absolute Gasteiger partial charge is 0.321 e. The van der Waals surface area contributed by atoms with E-state index in [4.69, 9.17) is 0 Å². The Kier molecular flexibility index (Phi) is 2.41. The molecule has 17 heavy (non-hydrogen) atoms. The van der Waals surface area contributed by atoms with Gasteiger partial charge in [-0.15, -0.1) is 0 Å². The SMILES string of the molecule is Cc1ccc2c(c1)NC(=O)c1ccccc1S2. The molecule has 3 rings (SSSR count). The van der Waals surface area contributed by atoms with Gasteiger partial charge in [0.15, 0.2) is 0 Å². The second-order valence-corrected chi connectivity index (χ2v) is 5.14. The number of aryl methyl sites for hydroxylation is 1. The first kappa shape index (κ1) is 10.4. The van der Waals surface area contributed by atoms with Crippen LogP contribution in [-0.2, 0) is 0 Å². The number of carbonyl (C=O) groups excluding carboxylic acids is 1. The number of anilines is 1. The van der Waals surface area contributed by atoms with Crippen molar-refractivity contribution < 1.29 is 4.79 Å². The molecule has 0 aliphatic carbocycles. The summed E-state index contributed by atoms with van der Waals surface area (Å²) in [6, 6.07) is 13.8. The lowest BCUT2D eigenvalue weighted by atomic mass is 10.2. The Morgan fingerprint density at radius 2 is 1.88 bits per heavy atom. The summed E-state index contributed by atoms with van der Waals surface area (Å²) < 4.78 is 0. The van der Waals surface area contributed by atoms with E-state index < -0.39 is 0 Å². The van der Waals surface area contributed by atoms with Crippen LogP contribution in [0.4, 0.5) is 5.69 Å². The number of benzene rings is 2. The van der Waals surface area contributed by atoms with Crippen molar-refractivity contribution in [3.63, 3.8) is 0 Å². The maximum Gasteiger partial charge on any atom is 0.256 e. The maximum absolute atomic E-state index is 12.1. The second kappa shape index (κ2) is 3.93. The fourth-order valence-electron chi connectivity index (χ4n) is 1.88. The van der Waals surface area contributed by atoms with Crippen LogP contribution in [0.3, 0.4) is 0 Å². The fraction of sp³-hybridized carbons (Fsp3) is 0.0714. The molecule has 0 unspecified atom stereocenters. The Balaban J connectivity index is 2.17. The minimum Gasteiger partial charge on any atom is -0.321 e. The fourth-order valence-corrected chi connectivity index (χ4v) is 2.89. The predicted molar refractivity (Wildman–Crippen MR) is 69.7 cm³/mol. The third kappa shape index (κ3) is 1.83. The highest BCUT2D eigenvalue weighted by Gasteiger charge is 2.18. The van der Waals surface area contributed by atoms with Crippen LogP contribution in [0.1, 0.15) is 15.9 Å². The van der Waals surface area contributed by atoms with E-state index in [9.17, 15) is 4.79 Å². The van der Waals surface area contributed by atoms with Gasteiger partial charge >= 0.3 is 0 Å². The van der Waals surface area contributed by atoms with Gasteiger partial charge in [0.1, 0.15) is 0 Å². The molecule has 0 spiro atoms. The molecule has 0 atom stereocenters. The van der Waals surface area contributed by atoms with E-state index in [1.165, 1.54) is 0 Å². The zero-order chi connectivity index (χ0) is 11.8. The van der Waals surface area contributed by atoms with Gasteiger partial charge in [0.2, 0.25) is 0 Å². The number of nitrogens with one attached hydrogen (secondary N) is 1. The van der Waals surface area contributed by atoms with Crippen LogP contribution >= 0.6 is 11.8 Å². The predicted octanol–water partition coefficient (Wildman–Crippen LogP) is 3.71. The number of fused-ring (bicyclic) bond motifs is 2. The number of carbonyl (C=O) groups is 1. The molecular weight excluding hydrogens is 230 g/mol. The van der Waals surface area contributed by atoms with E-state index in [-0.39, 0.29) is 5.91 Å². The zero-order valence-electron chi connectivity index (χ0n) is 9.36. The second-order valence-electron chi connectivity index (χ2n) is 4.05. The molecule has 2 aromatic rings. The molecule has 1 aliphatic heterocycles. The molecule has 2 aromatic carbocycles. The molecule has 0 fully saturated rings. The molecule has 0 aromatic heterocycles. The summed E-state index contributed by atoms with van der Waals surface area (Å²) in [5.74, 6) is -0.0301. The van der Waals surface area contributed by atoms with Crippen molar-refractivity contribution in [3.05, 3.63) is 53.6 Å². The lowest BCUT2D eigenvalue weighted by Crippen LogP contribution is -2.11. The molecule has 0 radical (unpaired) electrons. The van der Waals surface area contributed by atoms with Gasteiger partial charge in [0.25, 0.3) is 5.91 Å². The smallest absolute Gasteiger partial charge is 0.256 e. The highest BCUT2D eigenvalue weighted by molar-refractivity contribution is 7.99. The first-order valence-electron chi connectivity index (χ1n) is 5.43. The van der Waals surface area contributed by atoms with E-state index >= 15 is 0 Å². The molecule has 0 bridgehead atoms. The van der Waals surface area contributed by atoms with E-state index in [0.717, 1.165) is 26.6 Å². The summed E-state index contributed by atoms with van der Waals surface area (Å²) in [7, 11) is 0. The van der Waals surface area contributed by atoms with Crippen molar-refractivity contribution in [2.24, 2.45) is 0 Å². The Morgan fingerprint density at radius 1 is 1.06 bits per heavy atom. The summed E-state index contributed by atoms with van der Waals surface area (Å²) in [6.45, 7) is 2.02. The Morgan fingerprint density at radius 3 is 2.76 bits per heavy atom. The van der Waals surface area contributed by atoms with Crippen molar-refractivity contribution in [1.29, 1.82) is 0 Å². The van der Waals surface area contributed by atoms with E-state index in [2.05, 4.69) is 17.4 Å². The van der Waals surface area contributed by atoms with Gasteiger partial charge in [-0.1, -0.05) is 30.0 Å². The normalized spacial score (nSPS) is 13.4. The van der Waals surface area contributed by atoms with E-state index in [1.54, 1.807) is 11.8 Å². The first-order valence-corrected chi connectivity index (χ1v) is 6.24. The number of amides is 1. The molecule has 1 N–H and O–H groups in total. The van der Waals surface area contributed by atoms with Crippen LogP contribution in [0, 0.1) is 6.92 Å². The Labute approximate surface area is 104 Å². The highest BCUT2D eigenvalue weighted by Crippen LogP contribution is 2.38. The average molecular weight is 241 g/mol. The van der Waals surface area contributed by atoms with Gasteiger partial charge in [-0.05, 0) is 36.8 Å². The van der Waals surface area contributed by atoms with Gasteiger partial charge in [-0.3, -0.25) is 4.79 Å². The quantitative estimate of drug-likeness (QED) is 0.761. The Hall–Kier alpha value is -1.74. The molecule has 1 heterocycles. The summed E-state index contributed by atoms with van der Waals surface area (Å²) in [5, 5.41) is 2.96. The van der Waals surface area contributed by atoms with E-state index in [0.29, 0.717) is 0 Å². The monoisotopic (exact) mass is 241 g/mol. The number of hydrogen-bond acceptors (Lipinski definition) is 2. The Bertz CT molecular complexity index is 607. The molecule has 2 nitrogen and oxygen atoms in total. The first-order chi connectivity index (χ1) is 8.24. The van der Waals surface area contributed by atoms with Gasteiger partial charge in [-0.25, -0.2) is 0 Å². The van der Waals surface area contributed by atoms with Crippen LogP contribution in [0.15, 0.2) is 52.3 Å². The highest BCUT2D eigenvalue weighted by atomic mass is 32.2. The van der Waals surface area contributed by atoms with Crippen molar-refractivity contribution in [2.75, 3.05) is 5.32 Å². The minimum absolute atomic E-state index is 0.0301. The summed E-state index contributed by atoms with van der Waals surface area (Å²) >= 11 is 1.63. The van der Waals surface area contributed by atoms with Gasteiger partial charge in [0, 0.05) is 9.79 Å². The summed E-state index contributed by atoms with van der Waals surface area (Å²) in [6.07, 6.45) is 0. The molecule has 1 amide bonds. The minimum atomic E-state index is -0.0301. The van der Waals surface area contributed by atoms with Gasteiger partial charge in [-0.2, -0.15) is 0 Å². The number of hydrogen-bond donors (Lipinski definition) is 1. The van der Waals surface area contributed by atoms with Crippen molar-refractivity contribution in [1.82, 2.24) is 0 Å². The van der Waals surface area contributed by atoms with Crippen LogP contribution < -0.4 is 5.32 Å². The van der Waals surface area contributed by atoms with E-state index in [1.807, 2.05) is 37.3 Å². The molecule has 0 saturated heterocycles.